The SMILES string of the molecule is C[C@]12CC[C@H](O)C[C@@H]1CC[C@H]1[C@H]2CC[C@@]2(C)[C@](O)(C3=CC(=O)OC3)CC[C@]12O. The number of aliphatic hydroxyl groups excluding tert-OH is 1. The average Bonchev–Trinajstić information content (AvgIpc) is 3.18. The molecule has 8 atom stereocenters. The number of fused-ring (bicyclic) bond motifs is 5. The second-order valence-electron chi connectivity index (χ2n) is 10.9. The molecule has 0 aromatic heterocycles. The number of rotatable bonds is 1. The summed E-state index contributed by atoms with van der Waals surface area (Å²) in [6.07, 6.45) is 8.91. The standard InChI is InChI=1S/C23H34O5/c1-20-7-5-16(24)11-14(20)3-4-18-17(20)6-8-21(2)22(26,9-10-23(18,21)27)15-12-19(25)28-13-15/h12,14,16-18,24,26-27H,3-11,13H2,1-2H3/t14-,16-,17+,18-,20-,21-,22+,23-/m0/s1. The summed E-state index contributed by atoms with van der Waals surface area (Å²) in [4.78, 5) is 11.7. The van der Waals surface area contributed by atoms with E-state index in [1.807, 2.05) is 6.92 Å². The number of cyclic esters (lactones) is 1. The highest BCUT2D eigenvalue weighted by Crippen LogP contribution is 2.70. The first kappa shape index (κ1) is 19.1. The molecule has 0 aromatic rings. The predicted octanol–water partition coefficient (Wildman–Crippen LogP) is 2.72. The lowest BCUT2D eigenvalue weighted by Crippen LogP contribution is -2.65. The van der Waals surface area contributed by atoms with Gasteiger partial charge in [-0.05, 0) is 81.0 Å². The number of carbonyl (C=O) groups is 1. The molecule has 0 bridgehead atoms. The zero-order chi connectivity index (χ0) is 19.9. The molecule has 156 valence electrons. The van der Waals surface area contributed by atoms with E-state index in [-0.39, 0.29) is 30.0 Å². The van der Waals surface area contributed by atoms with E-state index in [0.29, 0.717) is 30.3 Å². The Morgan fingerprint density at radius 2 is 1.79 bits per heavy atom. The third-order valence-corrected chi connectivity index (χ3v) is 10.2. The van der Waals surface area contributed by atoms with Gasteiger partial charge in [-0.15, -0.1) is 0 Å². The fourth-order valence-electron chi connectivity index (χ4n) is 8.35. The molecule has 0 aromatic carbocycles. The van der Waals surface area contributed by atoms with Gasteiger partial charge in [0.15, 0.2) is 0 Å². The van der Waals surface area contributed by atoms with Gasteiger partial charge in [0.1, 0.15) is 6.61 Å². The summed E-state index contributed by atoms with van der Waals surface area (Å²) >= 11 is 0. The number of aliphatic hydroxyl groups is 3. The summed E-state index contributed by atoms with van der Waals surface area (Å²) < 4.78 is 5.11. The summed E-state index contributed by atoms with van der Waals surface area (Å²) in [6, 6.07) is 0. The van der Waals surface area contributed by atoms with Gasteiger partial charge < -0.3 is 20.1 Å². The lowest BCUT2D eigenvalue weighted by Gasteiger charge is -2.64. The minimum absolute atomic E-state index is 0.146. The maximum atomic E-state index is 12.1. The van der Waals surface area contributed by atoms with Crippen molar-refractivity contribution in [2.45, 2.75) is 88.9 Å². The molecule has 5 nitrogen and oxygen atoms in total. The van der Waals surface area contributed by atoms with Crippen LogP contribution in [0.2, 0.25) is 0 Å². The summed E-state index contributed by atoms with van der Waals surface area (Å²) in [5.41, 5.74) is -1.92. The first-order chi connectivity index (χ1) is 13.1. The molecule has 3 N–H and O–H groups in total. The van der Waals surface area contributed by atoms with Crippen LogP contribution in [0.3, 0.4) is 0 Å². The molecule has 0 radical (unpaired) electrons. The lowest BCUT2D eigenvalue weighted by atomic mass is 9.42. The summed E-state index contributed by atoms with van der Waals surface area (Å²) in [6.45, 7) is 4.57. The fraction of sp³-hybridized carbons (Fsp3) is 0.870. The van der Waals surface area contributed by atoms with Crippen molar-refractivity contribution in [2.24, 2.45) is 28.6 Å². The van der Waals surface area contributed by atoms with Crippen molar-refractivity contribution in [3.8, 4) is 0 Å². The molecule has 0 unspecified atom stereocenters. The Bertz CT molecular complexity index is 733. The molecule has 0 saturated heterocycles. The van der Waals surface area contributed by atoms with Crippen molar-refractivity contribution in [3.63, 3.8) is 0 Å². The molecule has 0 spiro atoms. The van der Waals surface area contributed by atoms with E-state index >= 15 is 0 Å². The van der Waals surface area contributed by atoms with E-state index in [9.17, 15) is 20.1 Å². The lowest BCUT2D eigenvalue weighted by molar-refractivity contribution is -0.229. The molecule has 5 rings (SSSR count). The zero-order valence-electron chi connectivity index (χ0n) is 17.1. The van der Waals surface area contributed by atoms with Crippen molar-refractivity contribution in [3.05, 3.63) is 11.6 Å². The zero-order valence-corrected chi connectivity index (χ0v) is 17.1. The van der Waals surface area contributed by atoms with Gasteiger partial charge in [0, 0.05) is 17.1 Å². The van der Waals surface area contributed by atoms with E-state index in [0.717, 1.165) is 44.9 Å². The predicted molar refractivity (Wildman–Crippen MR) is 103 cm³/mol. The average molecular weight is 391 g/mol. The van der Waals surface area contributed by atoms with Crippen molar-refractivity contribution in [2.75, 3.05) is 6.61 Å². The summed E-state index contributed by atoms with van der Waals surface area (Å²) in [7, 11) is 0. The van der Waals surface area contributed by atoms with Crippen molar-refractivity contribution in [1.82, 2.24) is 0 Å². The Balaban J connectivity index is 1.51. The fourth-order valence-corrected chi connectivity index (χ4v) is 8.35. The van der Waals surface area contributed by atoms with E-state index in [1.54, 1.807) is 0 Å². The van der Waals surface area contributed by atoms with Crippen LogP contribution in [0.15, 0.2) is 11.6 Å². The molecule has 1 heterocycles. The maximum absolute atomic E-state index is 12.1. The summed E-state index contributed by atoms with van der Waals surface area (Å²) in [5, 5.41) is 34.1. The molecule has 4 fully saturated rings. The smallest absolute Gasteiger partial charge is 0.331 e. The highest BCUT2D eigenvalue weighted by atomic mass is 16.5. The quantitative estimate of drug-likeness (QED) is 0.599. The number of hydrogen-bond acceptors (Lipinski definition) is 5. The van der Waals surface area contributed by atoms with Gasteiger partial charge in [-0.1, -0.05) is 13.8 Å². The van der Waals surface area contributed by atoms with Gasteiger partial charge in [0.25, 0.3) is 0 Å². The van der Waals surface area contributed by atoms with E-state index in [4.69, 9.17) is 4.74 Å². The molecule has 1 aliphatic heterocycles. The van der Waals surface area contributed by atoms with Gasteiger partial charge in [0.2, 0.25) is 0 Å². The van der Waals surface area contributed by atoms with Gasteiger partial charge >= 0.3 is 5.97 Å². The van der Waals surface area contributed by atoms with Crippen LogP contribution in [0, 0.1) is 28.6 Å². The normalized spacial score (nSPS) is 55.8. The second-order valence-corrected chi connectivity index (χ2v) is 10.9. The Hall–Kier alpha value is -0.910. The third kappa shape index (κ3) is 2.16. The minimum Gasteiger partial charge on any atom is -0.458 e. The van der Waals surface area contributed by atoms with Crippen LogP contribution in [0.1, 0.15) is 71.6 Å². The van der Waals surface area contributed by atoms with Gasteiger partial charge in [-0.3, -0.25) is 0 Å². The van der Waals surface area contributed by atoms with Crippen LogP contribution >= 0.6 is 0 Å². The van der Waals surface area contributed by atoms with Crippen molar-refractivity contribution < 1.29 is 24.9 Å². The Morgan fingerprint density at radius 3 is 2.50 bits per heavy atom. The first-order valence-corrected chi connectivity index (χ1v) is 11.1. The Labute approximate surface area is 167 Å². The monoisotopic (exact) mass is 390 g/mol. The number of esters is 1. The summed E-state index contributed by atoms with van der Waals surface area (Å²) in [5.74, 6) is 0.768. The topological polar surface area (TPSA) is 87.0 Å². The van der Waals surface area contributed by atoms with E-state index in [1.165, 1.54) is 6.08 Å². The third-order valence-electron chi connectivity index (χ3n) is 10.2. The molecule has 28 heavy (non-hydrogen) atoms. The van der Waals surface area contributed by atoms with Gasteiger partial charge in [-0.2, -0.15) is 0 Å². The number of carbonyl (C=O) groups excluding carboxylic acids is 1. The van der Waals surface area contributed by atoms with Crippen molar-refractivity contribution in [1.29, 1.82) is 0 Å². The van der Waals surface area contributed by atoms with E-state index < -0.39 is 16.6 Å². The number of hydrogen-bond donors (Lipinski definition) is 3. The largest absolute Gasteiger partial charge is 0.458 e. The Morgan fingerprint density at radius 1 is 1.00 bits per heavy atom. The molecular weight excluding hydrogens is 356 g/mol. The molecule has 4 aliphatic carbocycles. The highest BCUT2D eigenvalue weighted by molar-refractivity contribution is 5.85. The highest BCUT2D eigenvalue weighted by Gasteiger charge is 2.72. The first-order valence-electron chi connectivity index (χ1n) is 11.1. The minimum atomic E-state index is -1.17. The van der Waals surface area contributed by atoms with Crippen LogP contribution in [-0.4, -0.2) is 45.2 Å². The molecular formula is C23H34O5. The van der Waals surface area contributed by atoms with Crippen LogP contribution in [0.4, 0.5) is 0 Å². The van der Waals surface area contributed by atoms with Crippen LogP contribution in [0.5, 0.6) is 0 Å². The van der Waals surface area contributed by atoms with Gasteiger partial charge in [0.05, 0.1) is 17.3 Å². The molecule has 4 saturated carbocycles. The van der Waals surface area contributed by atoms with Gasteiger partial charge in [-0.25, -0.2) is 4.79 Å². The van der Waals surface area contributed by atoms with Crippen LogP contribution < -0.4 is 0 Å². The second kappa shape index (κ2) is 5.83. The number of ether oxygens (including phenoxy) is 1. The maximum Gasteiger partial charge on any atom is 0.331 e. The van der Waals surface area contributed by atoms with E-state index in [2.05, 4.69) is 6.92 Å². The van der Waals surface area contributed by atoms with Crippen LogP contribution in [-0.2, 0) is 9.53 Å². The Kier molecular flexibility index (Phi) is 3.97. The van der Waals surface area contributed by atoms with Crippen molar-refractivity contribution >= 4 is 5.97 Å². The molecule has 0 amide bonds. The molecule has 5 aliphatic rings. The van der Waals surface area contributed by atoms with Crippen LogP contribution in [0.25, 0.3) is 0 Å². The molecule has 5 heteroatoms.